The number of nitrogens with zero attached hydrogens (tertiary/aromatic N) is 3. The lowest BCUT2D eigenvalue weighted by Gasteiger charge is -2.21. The summed E-state index contributed by atoms with van der Waals surface area (Å²) in [5.41, 5.74) is 1.11. The molecule has 1 aromatic heterocycles. The number of hydrogen-bond donors (Lipinski definition) is 1. The molecule has 1 aliphatic carbocycles. The molecule has 2 rings (SSSR count). The Hall–Kier alpha value is -1.03. The van der Waals surface area contributed by atoms with Gasteiger partial charge in [0.05, 0.1) is 5.69 Å². The summed E-state index contributed by atoms with van der Waals surface area (Å²) in [5, 5.41) is 3.64. The normalized spacial score (nSPS) is 18.2. The summed E-state index contributed by atoms with van der Waals surface area (Å²) in [6.45, 7) is 5.47. The number of rotatable bonds is 6. The summed E-state index contributed by atoms with van der Waals surface area (Å²) in [4.78, 5) is 6.90. The van der Waals surface area contributed by atoms with E-state index in [4.69, 9.17) is 0 Å². The van der Waals surface area contributed by atoms with E-state index in [2.05, 4.69) is 53.9 Å². The van der Waals surface area contributed by atoms with Crippen LogP contribution in [0.1, 0.15) is 50.8 Å². The van der Waals surface area contributed by atoms with Gasteiger partial charge in [-0.1, -0.05) is 12.8 Å². The Labute approximate surface area is 117 Å². The Morgan fingerprint density at radius 1 is 1.42 bits per heavy atom. The molecular formula is C15H28N4. The largest absolute Gasteiger partial charge is 0.353 e. The van der Waals surface area contributed by atoms with Gasteiger partial charge in [0.2, 0.25) is 5.95 Å². The second-order valence-electron chi connectivity index (χ2n) is 6.18. The molecule has 4 heteroatoms. The minimum Gasteiger partial charge on any atom is -0.353 e. The number of imidazole rings is 1. The molecule has 1 fully saturated rings. The lowest BCUT2D eigenvalue weighted by molar-refractivity contribution is 0.358. The highest BCUT2D eigenvalue weighted by atomic mass is 15.2. The summed E-state index contributed by atoms with van der Waals surface area (Å²) >= 11 is 0. The van der Waals surface area contributed by atoms with E-state index >= 15 is 0 Å². The highest BCUT2D eigenvalue weighted by molar-refractivity contribution is 5.31. The molecule has 0 radical (unpaired) electrons. The molecule has 19 heavy (non-hydrogen) atoms. The molecule has 0 spiro atoms. The first-order valence-corrected chi connectivity index (χ1v) is 7.53. The fourth-order valence-electron chi connectivity index (χ4n) is 2.80. The van der Waals surface area contributed by atoms with Crippen molar-refractivity contribution in [1.82, 2.24) is 14.5 Å². The number of nitrogens with one attached hydrogen (secondary N) is 1. The summed E-state index contributed by atoms with van der Waals surface area (Å²) in [7, 11) is 4.26. The van der Waals surface area contributed by atoms with Crippen molar-refractivity contribution in [3.05, 3.63) is 11.9 Å². The van der Waals surface area contributed by atoms with Gasteiger partial charge in [-0.15, -0.1) is 0 Å². The maximum absolute atomic E-state index is 4.66. The third-order valence-corrected chi connectivity index (χ3v) is 4.01. The molecule has 1 saturated carbocycles. The molecular weight excluding hydrogens is 236 g/mol. The first kappa shape index (κ1) is 14.4. The number of hydrogen-bond acceptors (Lipinski definition) is 3. The van der Waals surface area contributed by atoms with Gasteiger partial charge in [-0.2, -0.15) is 0 Å². The zero-order valence-electron chi connectivity index (χ0n) is 12.8. The van der Waals surface area contributed by atoms with Crippen LogP contribution >= 0.6 is 0 Å². The van der Waals surface area contributed by atoms with Crippen LogP contribution in [0.5, 0.6) is 0 Å². The molecule has 1 aromatic rings. The number of aromatic nitrogens is 2. The Balaban J connectivity index is 2.01. The Morgan fingerprint density at radius 2 is 2.11 bits per heavy atom. The molecule has 4 nitrogen and oxygen atoms in total. The van der Waals surface area contributed by atoms with E-state index in [1.807, 2.05) is 0 Å². The van der Waals surface area contributed by atoms with Gasteiger partial charge in [-0.25, -0.2) is 4.98 Å². The van der Waals surface area contributed by atoms with Crippen molar-refractivity contribution in [1.29, 1.82) is 0 Å². The second kappa shape index (κ2) is 6.42. The van der Waals surface area contributed by atoms with Gasteiger partial charge in [-0.05, 0) is 53.8 Å². The molecule has 108 valence electrons. The highest BCUT2D eigenvalue weighted by Gasteiger charge is 2.18. The van der Waals surface area contributed by atoms with Gasteiger partial charge in [0.15, 0.2) is 0 Å². The number of aryl methyl sites for hydroxylation is 1. The average molecular weight is 264 g/mol. The molecule has 0 aliphatic heterocycles. The third-order valence-electron chi connectivity index (χ3n) is 4.01. The minimum absolute atomic E-state index is 0.493. The molecule has 1 aliphatic rings. The van der Waals surface area contributed by atoms with Crippen molar-refractivity contribution in [3.8, 4) is 0 Å². The molecule has 0 saturated heterocycles. The Morgan fingerprint density at radius 3 is 2.74 bits per heavy atom. The minimum atomic E-state index is 0.493. The Kier molecular flexibility index (Phi) is 4.86. The van der Waals surface area contributed by atoms with Crippen LogP contribution in [0.3, 0.4) is 0 Å². The van der Waals surface area contributed by atoms with E-state index in [9.17, 15) is 0 Å². The van der Waals surface area contributed by atoms with E-state index < -0.39 is 0 Å². The molecule has 0 aromatic carbocycles. The molecule has 1 N–H and O–H groups in total. The lowest BCUT2D eigenvalue weighted by atomic mass is 10.2. The predicted molar refractivity (Wildman–Crippen MR) is 80.7 cm³/mol. The molecule has 1 heterocycles. The van der Waals surface area contributed by atoms with Crippen molar-refractivity contribution >= 4 is 5.95 Å². The standard InChI is InChI=1S/C15H28N4/c1-12-11-19(13(2)9-10-18(3)4)15(16-12)17-14-7-5-6-8-14/h11,13-14H,5-10H2,1-4H3,(H,16,17). The van der Waals surface area contributed by atoms with Crippen molar-refractivity contribution in [2.75, 3.05) is 26.0 Å². The Bertz CT molecular complexity index is 391. The maximum Gasteiger partial charge on any atom is 0.203 e. The summed E-state index contributed by atoms with van der Waals surface area (Å²) in [6.07, 6.45) is 8.62. The predicted octanol–water partition coefficient (Wildman–Crippen LogP) is 3.06. The van der Waals surface area contributed by atoms with Crippen molar-refractivity contribution < 1.29 is 0 Å². The van der Waals surface area contributed by atoms with Crippen LogP contribution < -0.4 is 5.32 Å². The molecule has 0 bridgehead atoms. The van der Waals surface area contributed by atoms with Gasteiger partial charge in [0.1, 0.15) is 0 Å². The maximum atomic E-state index is 4.66. The topological polar surface area (TPSA) is 33.1 Å². The quantitative estimate of drug-likeness (QED) is 0.857. The SMILES string of the molecule is Cc1cn(C(C)CCN(C)C)c(NC2CCCC2)n1. The first-order valence-electron chi connectivity index (χ1n) is 7.53. The van der Waals surface area contributed by atoms with Gasteiger partial charge in [0.25, 0.3) is 0 Å². The number of anilines is 1. The van der Waals surface area contributed by atoms with Crippen LogP contribution in [0.2, 0.25) is 0 Å². The molecule has 1 unspecified atom stereocenters. The van der Waals surface area contributed by atoms with Crippen LogP contribution in [0.15, 0.2) is 6.20 Å². The van der Waals surface area contributed by atoms with E-state index in [1.54, 1.807) is 0 Å². The zero-order chi connectivity index (χ0) is 13.8. The fourth-order valence-corrected chi connectivity index (χ4v) is 2.80. The van der Waals surface area contributed by atoms with Crippen LogP contribution in [0.4, 0.5) is 5.95 Å². The van der Waals surface area contributed by atoms with Crippen molar-refractivity contribution in [2.45, 2.75) is 58.0 Å². The third kappa shape index (κ3) is 3.96. The zero-order valence-corrected chi connectivity index (χ0v) is 12.8. The average Bonchev–Trinajstić information content (AvgIpc) is 2.96. The monoisotopic (exact) mass is 264 g/mol. The van der Waals surface area contributed by atoms with Gasteiger partial charge in [-0.3, -0.25) is 0 Å². The highest BCUT2D eigenvalue weighted by Crippen LogP contribution is 2.24. The van der Waals surface area contributed by atoms with Gasteiger partial charge in [0, 0.05) is 18.3 Å². The van der Waals surface area contributed by atoms with Crippen LogP contribution in [-0.2, 0) is 0 Å². The van der Waals surface area contributed by atoms with Crippen LogP contribution in [0.25, 0.3) is 0 Å². The smallest absolute Gasteiger partial charge is 0.203 e. The van der Waals surface area contributed by atoms with E-state index in [0.29, 0.717) is 12.1 Å². The first-order chi connectivity index (χ1) is 9.06. The van der Waals surface area contributed by atoms with Crippen molar-refractivity contribution in [2.24, 2.45) is 0 Å². The van der Waals surface area contributed by atoms with Gasteiger partial charge >= 0.3 is 0 Å². The van der Waals surface area contributed by atoms with E-state index in [0.717, 1.165) is 24.6 Å². The van der Waals surface area contributed by atoms with E-state index in [1.165, 1.54) is 25.7 Å². The summed E-state index contributed by atoms with van der Waals surface area (Å²) in [6, 6.07) is 1.12. The van der Waals surface area contributed by atoms with Crippen molar-refractivity contribution in [3.63, 3.8) is 0 Å². The van der Waals surface area contributed by atoms with Crippen LogP contribution in [-0.4, -0.2) is 41.1 Å². The fraction of sp³-hybridized carbons (Fsp3) is 0.800. The summed E-state index contributed by atoms with van der Waals surface area (Å²) in [5.74, 6) is 1.07. The van der Waals surface area contributed by atoms with Crippen LogP contribution in [0, 0.1) is 6.92 Å². The van der Waals surface area contributed by atoms with Gasteiger partial charge < -0.3 is 14.8 Å². The van der Waals surface area contributed by atoms with E-state index in [-0.39, 0.29) is 0 Å². The second-order valence-corrected chi connectivity index (χ2v) is 6.18. The molecule has 0 amide bonds. The summed E-state index contributed by atoms with van der Waals surface area (Å²) < 4.78 is 2.32. The lowest BCUT2D eigenvalue weighted by Crippen LogP contribution is -2.21. The molecule has 1 atom stereocenters.